The Morgan fingerprint density at radius 2 is 1.89 bits per heavy atom. The summed E-state index contributed by atoms with van der Waals surface area (Å²) >= 11 is 0. The molecule has 3 heteroatoms. The number of aliphatic hydroxyl groups is 1. The van der Waals surface area contributed by atoms with Crippen LogP contribution in [0.1, 0.15) is 53.9 Å². The minimum Gasteiger partial charge on any atom is -0.478 e. The molecule has 2 N–H and O–H groups in total. The number of aliphatic hydroxyl groups excluding tert-OH is 1. The van der Waals surface area contributed by atoms with E-state index in [2.05, 4.69) is 46.8 Å². The summed E-state index contributed by atoms with van der Waals surface area (Å²) in [5, 5.41) is 19.7. The van der Waals surface area contributed by atoms with Crippen molar-refractivity contribution in [3.8, 4) is 0 Å². The Hall–Kier alpha value is -1.35. The molecule has 0 aliphatic heterocycles. The average molecular weight is 373 g/mol. The lowest BCUT2D eigenvalue weighted by Gasteiger charge is -2.52. The summed E-state index contributed by atoms with van der Waals surface area (Å²) < 4.78 is 0. The first-order valence-corrected chi connectivity index (χ1v) is 10.6. The van der Waals surface area contributed by atoms with Gasteiger partial charge in [-0.25, -0.2) is 4.79 Å². The Morgan fingerprint density at radius 3 is 2.52 bits per heavy atom. The second-order valence-corrected chi connectivity index (χ2v) is 9.89. The van der Waals surface area contributed by atoms with Crippen LogP contribution >= 0.6 is 0 Å². The molecule has 3 aliphatic rings. The molecule has 0 aromatic heterocycles. The van der Waals surface area contributed by atoms with E-state index in [1.807, 2.05) is 6.08 Å². The molecule has 0 unspecified atom stereocenters. The van der Waals surface area contributed by atoms with Crippen molar-refractivity contribution < 1.29 is 15.0 Å². The molecule has 3 saturated carbocycles. The number of hydrogen-bond donors (Lipinski definition) is 2. The summed E-state index contributed by atoms with van der Waals surface area (Å²) in [6.07, 6.45) is 12.4. The highest BCUT2D eigenvalue weighted by Gasteiger charge is 2.68. The molecule has 3 aliphatic carbocycles. The van der Waals surface area contributed by atoms with Gasteiger partial charge in [0.1, 0.15) is 0 Å². The minimum absolute atomic E-state index is 0.182. The first-order valence-electron chi connectivity index (χ1n) is 10.6. The Morgan fingerprint density at radius 1 is 1.19 bits per heavy atom. The fourth-order valence-electron chi connectivity index (χ4n) is 6.66. The molecule has 3 fully saturated rings. The molecule has 27 heavy (non-hydrogen) atoms. The van der Waals surface area contributed by atoms with Crippen LogP contribution in [0.25, 0.3) is 0 Å². The van der Waals surface area contributed by atoms with E-state index in [4.69, 9.17) is 5.11 Å². The van der Waals surface area contributed by atoms with E-state index >= 15 is 0 Å². The summed E-state index contributed by atoms with van der Waals surface area (Å²) in [5.74, 6) is 2.53. The number of aliphatic carboxylic acids is 1. The van der Waals surface area contributed by atoms with Gasteiger partial charge >= 0.3 is 5.97 Å². The van der Waals surface area contributed by atoms with Crippen molar-refractivity contribution in [2.24, 2.45) is 46.8 Å². The highest BCUT2D eigenvalue weighted by molar-refractivity contribution is 5.80. The standard InChI is InChI=1S/C24H36O3/c1-14(2)12-16(4)23-17(8-6-7-9-20(26)27)21-15(3)10-11-19(25)22(21)18-13-24(18,23)5/h6-9,12,14-15,17-19,21-23,25H,10-11,13H2,1-5H3,(H,26,27)/b8-6+,9-7+,16-12-/t15-,17-,18+,19-,21-,22-,23-,24+/m0/s1. The molecule has 150 valence electrons. The fraction of sp³-hybridized carbons (Fsp3) is 0.708. The van der Waals surface area contributed by atoms with Gasteiger partial charge in [0, 0.05) is 6.08 Å². The van der Waals surface area contributed by atoms with Gasteiger partial charge in [-0.15, -0.1) is 0 Å². The van der Waals surface area contributed by atoms with Gasteiger partial charge in [-0.1, -0.05) is 57.6 Å². The first-order chi connectivity index (χ1) is 12.7. The smallest absolute Gasteiger partial charge is 0.328 e. The third-order valence-electron chi connectivity index (χ3n) is 7.58. The van der Waals surface area contributed by atoms with Crippen LogP contribution in [0.4, 0.5) is 0 Å². The van der Waals surface area contributed by atoms with Crippen molar-refractivity contribution in [3.63, 3.8) is 0 Å². The summed E-state index contributed by atoms with van der Waals surface area (Å²) in [7, 11) is 0. The minimum atomic E-state index is -0.913. The molecule has 3 nitrogen and oxygen atoms in total. The van der Waals surface area contributed by atoms with Crippen LogP contribution in [0.2, 0.25) is 0 Å². The van der Waals surface area contributed by atoms with Crippen molar-refractivity contribution in [3.05, 3.63) is 36.0 Å². The maximum Gasteiger partial charge on any atom is 0.328 e. The van der Waals surface area contributed by atoms with E-state index < -0.39 is 5.97 Å². The zero-order valence-corrected chi connectivity index (χ0v) is 17.4. The van der Waals surface area contributed by atoms with Crippen LogP contribution < -0.4 is 0 Å². The first kappa shape index (κ1) is 20.4. The maximum absolute atomic E-state index is 10.8. The Bertz CT molecular complexity index is 659. The van der Waals surface area contributed by atoms with E-state index in [1.54, 1.807) is 6.08 Å². The SMILES string of the molecule is C/C(=C/C(C)C)[C@H]1[C@@H](/C=C/C=C/C(=O)O)[C@H]2[C@@H]([C@H]3C[C@]31C)[C@@H](O)CC[C@@H]2C. The zero-order chi connectivity index (χ0) is 19.9. The van der Waals surface area contributed by atoms with Crippen molar-refractivity contribution in [1.29, 1.82) is 0 Å². The van der Waals surface area contributed by atoms with Gasteiger partial charge in [0.15, 0.2) is 0 Å². The molecule has 0 saturated heterocycles. The lowest BCUT2D eigenvalue weighted by molar-refractivity contribution is -0.131. The van der Waals surface area contributed by atoms with E-state index in [1.165, 1.54) is 18.1 Å². The van der Waals surface area contributed by atoms with Gasteiger partial charge in [-0.3, -0.25) is 0 Å². The van der Waals surface area contributed by atoms with Gasteiger partial charge in [-0.2, -0.15) is 0 Å². The molecule has 0 aromatic rings. The van der Waals surface area contributed by atoms with Crippen LogP contribution in [-0.4, -0.2) is 22.3 Å². The van der Waals surface area contributed by atoms with E-state index in [0.717, 1.165) is 12.8 Å². The maximum atomic E-state index is 10.8. The molecule has 0 aromatic carbocycles. The quantitative estimate of drug-likeness (QED) is 0.402. The molecule has 0 amide bonds. The predicted octanol–water partition coefficient (Wildman–Crippen LogP) is 5.08. The highest BCUT2D eigenvalue weighted by Crippen LogP contribution is 2.73. The number of carboxylic acid groups (broad SMARTS) is 1. The third-order valence-corrected chi connectivity index (χ3v) is 7.58. The summed E-state index contributed by atoms with van der Waals surface area (Å²) in [6, 6.07) is 0. The zero-order valence-electron chi connectivity index (χ0n) is 17.4. The molecule has 8 atom stereocenters. The molecular formula is C24H36O3. The number of hydrogen-bond acceptors (Lipinski definition) is 2. The van der Waals surface area contributed by atoms with Crippen LogP contribution in [0.3, 0.4) is 0 Å². The molecule has 0 bridgehead atoms. The van der Waals surface area contributed by atoms with Crippen molar-refractivity contribution in [2.45, 2.75) is 60.0 Å². The third kappa shape index (κ3) is 3.81. The summed E-state index contributed by atoms with van der Waals surface area (Å²) in [6.45, 7) is 11.5. The molecule has 3 rings (SSSR count). The Balaban J connectivity index is 2.00. The van der Waals surface area contributed by atoms with Crippen LogP contribution in [-0.2, 0) is 4.79 Å². The van der Waals surface area contributed by atoms with Gasteiger partial charge in [0.05, 0.1) is 6.10 Å². The van der Waals surface area contributed by atoms with E-state index in [-0.39, 0.29) is 11.5 Å². The Labute approximate surface area is 164 Å². The fourth-order valence-corrected chi connectivity index (χ4v) is 6.66. The normalized spacial score (nSPS) is 44.6. The largest absolute Gasteiger partial charge is 0.478 e. The monoisotopic (exact) mass is 372 g/mol. The Kier molecular flexibility index (Phi) is 5.72. The molecule has 0 spiro atoms. The number of carbonyl (C=O) groups is 1. The number of rotatable bonds is 5. The topological polar surface area (TPSA) is 57.5 Å². The van der Waals surface area contributed by atoms with Gasteiger partial charge in [-0.05, 0) is 73.0 Å². The lowest BCUT2D eigenvalue weighted by Crippen LogP contribution is -2.49. The average Bonchev–Trinajstić information content (AvgIpc) is 3.24. The van der Waals surface area contributed by atoms with Crippen molar-refractivity contribution in [1.82, 2.24) is 0 Å². The molecular weight excluding hydrogens is 336 g/mol. The van der Waals surface area contributed by atoms with Crippen molar-refractivity contribution >= 4 is 5.97 Å². The van der Waals surface area contributed by atoms with Crippen LogP contribution in [0.15, 0.2) is 36.0 Å². The van der Waals surface area contributed by atoms with E-state index in [9.17, 15) is 9.90 Å². The second kappa shape index (κ2) is 7.58. The van der Waals surface area contributed by atoms with Gasteiger partial charge in [0.2, 0.25) is 0 Å². The number of fused-ring (bicyclic) bond motifs is 3. The number of allylic oxidation sites excluding steroid dienone is 5. The highest BCUT2D eigenvalue weighted by atomic mass is 16.4. The summed E-state index contributed by atoms with van der Waals surface area (Å²) in [5.41, 5.74) is 1.73. The van der Waals surface area contributed by atoms with Gasteiger partial charge in [0.25, 0.3) is 0 Å². The van der Waals surface area contributed by atoms with Crippen molar-refractivity contribution in [2.75, 3.05) is 0 Å². The van der Waals surface area contributed by atoms with Gasteiger partial charge < -0.3 is 10.2 Å². The predicted molar refractivity (Wildman–Crippen MR) is 109 cm³/mol. The van der Waals surface area contributed by atoms with E-state index in [0.29, 0.717) is 41.4 Å². The second-order valence-electron chi connectivity index (χ2n) is 9.89. The van der Waals surface area contributed by atoms with Crippen LogP contribution in [0, 0.1) is 46.8 Å². The lowest BCUT2D eigenvalue weighted by atomic mass is 9.53. The van der Waals surface area contributed by atoms with Crippen LogP contribution in [0.5, 0.6) is 0 Å². The number of carboxylic acids is 1. The summed E-state index contributed by atoms with van der Waals surface area (Å²) in [4.78, 5) is 10.8. The molecule has 0 heterocycles. The molecule has 0 radical (unpaired) electrons.